The molecule has 0 spiro atoms. The molecule has 1 heterocycles. The zero-order valence-corrected chi connectivity index (χ0v) is 13.6. The summed E-state index contributed by atoms with van der Waals surface area (Å²) in [6.07, 6.45) is 3.33. The molecule has 22 heavy (non-hydrogen) atoms. The van der Waals surface area contributed by atoms with Gasteiger partial charge in [-0.2, -0.15) is 0 Å². The number of benzene rings is 1. The van der Waals surface area contributed by atoms with E-state index in [1.807, 2.05) is 30.9 Å². The van der Waals surface area contributed by atoms with Gasteiger partial charge in [0.25, 0.3) is 5.91 Å². The van der Waals surface area contributed by atoms with Crippen LogP contribution >= 0.6 is 0 Å². The Hall–Kier alpha value is -1.75. The van der Waals surface area contributed by atoms with Crippen molar-refractivity contribution in [1.82, 2.24) is 4.90 Å². The monoisotopic (exact) mass is 305 g/mol. The molecular formula is C17H27N3O2. The summed E-state index contributed by atoms with van der Waals surface area (Å²) in [5.74, 6) is 0.0748. The zero-order chi connectivity index (χ0) is 15.9. The van der Waals surface area contributed by atoms with E-state index in [0.717, 1.165) is 51.2 Å². The molecule has 0 aliphatic carbocycles. The van der Waals surface area contributed by atoms with Gasteiger partial charge in [-0.05, 0) is 51.3 Å². The Bertz CT molecular complexity index is 497. The Labute approximate surface area is 132 Å². The number of likely N-dealkylation sites (tertiary alicyclic amines) is 1. The molecule has 0 saturated carbocycles. The van der Waals surface area contributed by atoms with Gasteiger partial charge in [-0.15, -0.1) is 0 Å². The first-order valence-electron chi connectivity index (χ1n) is 8.12. The number of nitrogens with two attached hydrogens (primary N) is 1. The standard InChI is InChI=1S/C17H27N3O2/c1-13(2)22-11-5-8-19-16-7-6-14(18)12-15(16)17(21)20-9-3-4-10-20/h6-7,12-13,19H,3-5,8-11,18H2,1-2H3. The lowest BCUT2D eigenvalue weighted by atomic mass is 10.1. The smallest absolute Gasteiger partial charge is 0.256 e. The highest BCUT2D eigenvalue weighted by molar-refractivity contribution is 6.00. The van der Waals surface area contributed by atoms with Crippen molar-refractivity contribution in [2.24, 2.45) is 0 Å². The third-order valence-corrected chi connectivity index (χ3v) is 3.76. The minimum absolute atomic E-state index is 0.0748. The Morgan fingerprint density at radius 3 is 2.77 bits per heavy atom. The summed E-state index contributed by atoms with van der Waals surface area (Å²) in [7, 11) is 0. The predicted molar refractivity (Wildman–Crippen MR) is 90.2 cm³/mol. The summed E-state index contributed by atoms with van der Waals surface area (Å²) in [5, 5.41) is 3.34. The topological polar surface area (TPSA) is 67.6 Å². The van der Waals surface area contributed by atoms with Crippen molar-refractivity contribution in [3.8, 4) is 0 Å². The number of carbonyl (C=O) groups is 1. The van der Waals surface area contributed by atoms with Crippen LogP contribution in [-0.4, -0.2) is 43.2 Å². The first-order chi connectivity index (χ1) is 10.6. The number of anilines is 2. The van der Waals surface area contributed by atoms with Gasteiger partial charge in [-0.3, -0.25) is 4.79 Å². The minimum atomic E-state index is 0.0748. The molecule has 3 N–H and O–H groups in total. The summed E-state index contributed by atoms with van der Waals surface area (Å²) in [6.45, 7) is 7.23. The van der Waals surface area contributed by atoms with Crippen LogP contribution < -0.4 is 11.1 Å². The second-order valence-electron chi connectivity index (χ2n) is 6.00. The molecule has 1 saturated heterocycles. The number of nitrogens with one attached hydrogen (secondary N) is 1. The van der Waals surface area contributed by atoms with Gasteiger partial charge < -0.3 is 20.7 Å². The van der Waals surface area contributed by atoms with E-state index in [1.165, 1.54) is 0 Å². The first-order valence-corrected chi connectivity index (χ1v) is 8.12. The van der Waals surface area contributed by atoms with Gasteiger partial charge in [0.1, 0.15) is 0 Å². The van der Waals surface area contributed by atoms with E-state index in [0.29, 0.717) is 11.3 Å². The van der Waals surface area contributed by atoms with Crippen molar-refractivity contribution in [2.75, 3.05) is 37.3 Å². The molecule has 0 bridgehead atoms. The van der Waals surface area contributed by atoms with Gasteiger partial charge in [-0.1, -0.05) is 0 Å². The van der Waals surface area contributed by atoms with Crippen LogP contribution in [0.2, 0.25) is 0 Å². The fourth-order valence-electron chi connectivity index (χ4n) is 2.60. The van der Waals surface area contributed by atoms with Crippen molar-refractivity contribution < 1.29 is 9.53 Å². The first kappa shape index (κ1) is 16.6. The van der Waals surface area contributed by atoms with E-state index in [2.05, 4.69) is 5.32 Å². The number of nitrogens with zero attached hydrogens (tertiary/aromatic N) is 1. The molecule has 0 radical (unpaired) electrons. The molecular weight excluding hydrogens is 278 g/mol. The summed E-state index contributed by atoms with van der Waals surface area (Å²) in [6, 6.07) is 5.49. The van der Waals surface area contributed by atoms with Crippen LogP contribution in [0.3, 0.4) is 0 Å². The molecule has 1 fully saturated rings. The van der Waals surface area contributed by atoms with E-state index in [4.69, 9.17) is 10.5 Å². The Kier molecular flexibility index (Phi) is 6.07. The molecule has 5 nitrogen and oxygen atoms in total. The quantitative estimate of drug-likeness (QED) is 0.600. The van der Waals surface area contributed by atoms with Crippen LogP contribution in [0, 0.1) is 0 Å². The molecule has 1 aromatic rings. The maximum Gasteiger partial charge on any atom is 0.256 e. The highest BCUT2D eigenvalue weighted by Crippen LogP contribution is 2.22. The second-order valence-corrected chi connectivity index (χ2v) is 6.00. The Morgan fingerprint density at radius 1 is 1.36 bits per heavy atom. The Morgan fingerprint density at radius 2 is 2.09 bits per heavy atom. The van der Waals surface area contributed by atoms with E-state index in [-0.39, 0.29) is 12.0 Å². The van der Waals surface area contributed by atoms with Crippen LogP contribution in [0.25, 0.3) is 0 Å². The second kappa shape index (κ2) is 8.03. The molecule has 1 aliphatic rings. The lowest BCUT2D eigenvalue weighted by Gasteiger charge is -2.19. The van der Waals surface area contributed by atoms with Crippen LogP contribution in [0.1, 0.15) is 43.5 Å². The average Bonchev–Trinajstić information content (AvgIpc) is 3.01. The molecule has 0 atom stereocenters. The number of ether oxygens (including phenoxy) is 1. The molecule has 1 aromatic carbocycles. The molecule has 0 aromatic heterocycles. The highest BCUT2D eigenvalue weighted by atomic mass is 16.5. The van der Waals surface area contributed by atoms with E-state index < -0.39 is 0 Å². The van der Waals surface area contributed by atoms with Gasteiger partial charge >= 0.3 is 0 Å². The largest absolute Gasteiger partial charge is 0.399 e. The predicted octanol–water partition coefficient (Wildman–Crippen LogP) is 2.73. The van der Waals surface area contributed by atoms with Gasteiger partial charge in [0, 0.05) is 37.6 Å². The highest BCUT2D eigenvalue weighted by Gasteiger charge is 2.22. The third-order valence-electron chi connectivity index (χ3n) is 3.76. The number of rotatable bonds is 7. The van der Waals surface area contributed by atoms with E-state index in [9.17, 15) is 4.79 Å². The zero-order valence-electron chi connectivity index (χ0n) is 13.6. The molecule has 1 amide bonds. The van der Waals surface area contributed by atoms with Gasteiger partial charge in [0.2, 0.25) is 0 Å². The molecule has 5 heteroatoms. The average molecular weight is 305 g/mol. The lowest BCUT2D eigenvalue weighted by molar-refractivity contribution is 0.0787. The number of hydrogen-bond donors (Lipinski definition) is 2. The molecule has 1 aliphatic heterocycles. The molecule has 122 valence electrons. The number of nitrogen functional groups attached to an aromatic ring is 1. The maximum atomic E-state index is 12.6. The van der Waals surface area contributed by atoms with Crippen molar-refractivity contribution in [3.63, 3.8) is 0 Å². The van der Waals surface area contributed by atoms with Crippen LogP contribution in [0.15, 0.2) is 18.2 Å². The van der Waals surface area contributed by atoms with Crippen molar-refractivity contribution in [2.45, 2.75) is 39.2 Å². The SMILES string of the molecule is CC(C)OCCCNc1ccc(N)cc1C(=O)N1CCCC1. The van der Waals surface area contributed by atoms with Gasteiger partial charge in [0.05, 0.1) is 11.7 Å². The minimum Gasteiger partial charge on any atom is -0.399 e. The number of carbonyl (C=O) groups excluding carboxylic acids is 1. The summed E-state index contributed by atoms with van der Waals surface area (Å²) < 4.78 is 5.52. The number of amides is 1. The number of hydrogen-bond acceptors (Lipinski definition) is 4. The summed E-state index contributed by atoms with van der Waals surface area (Å²) >= 11 is 0. The van der Waals surface area contributed by atoms with Crippen molar-refractivity contribution >= 4 is 17.3 Å². The maximum absolute atomic E-state index is 12.6. The van der Waals surface area contributed by atoms with E-state index >= 15 is 0 Å². The fraction of sp³-hybridized carbons (Fsp3) is 0.588. The normalized spacial score (nSPS) is 14.6. The van der Waals surface area contributed by atoms with Crippen molar-refractivity contribution in [1.29, 1.82) is 0 Å². The molecule has 0 unspecified atom stereocenters. The van der Waals surface area contributed by atoms with Gasteiger partial charge in [0.15, 0.2) is 0 Å². The summed E-state index contributed by atoms with van der Waals surface area (Å²) in [5.41, 5.74) is 8.01. The van der Waals surface area contributed by atoms with Crippen LogP contribution in [-0.2, 0) is 4.74 Å². The lowest BCUT2D eigenvalue weighted by Crippen LogP contribution is -2.28. The summed E-state index contributed by atoms with van der Waals surface area (Å²) in [4.78, 5) is 14.5. The van der Waals surface area contributed by atoms with Crippen LogP contribution in [0.4, 0.5) is 11.4 Å². The Balaban J connectivity index is 1.96. The fourth-order valence-corrected chi connectivity index (χ4v) is 2.60. The van der Waals surface area contributed by atoms with Crippen LogP contribution in [0.5, 0.6) is 0 Å². The van der Waals surface area contributed by atoms with Gasteiger partial charge in [-0.25, -0.2) is 0 Å². The van der Waals surface area contributed by atoms with Crippen molar-refractivity contribution in [3.05, 3.63) is 23.8 Å². The third kappa shape index (κ3) is 4.63. The molecule has 2 rings (SSSR count). The van der Waals surface area contributed by atoms with E-state index in [1.54, 1.807) is 6.07 Å².